The van der Waals surface area contributed by atoms with Gasteiger partial charge in [-0.3, -0.25) is 9.69 Å². The fourth-order valence-corrected chi connectivity index (χ4v) is 2.52. The van der Waals surface area contributed by atoms with Crippen LogP contribution in [0.1, 0.15) is 38.3 Å². The van der Waals surface area contributed by atoms with Gasteiger partial charge in [-0.1, -0.05) is 30.3 Å². The third kappa shape index (κ3) is 3.30. The number of carbonyl (C=O) groups excluding carboxylic acids is 1. The summed E-state index contributed by atoms with van der Waals surface area (Å²) in [7, 11) is 0. The van der Waals surface area contributed by atoms with E-state index >= 15 is 0 Å². The highest BCUT2D eigenvalue weighted by molar-refractivity contribution is 5.85. The molecule has 1 aromatic rings. The zero-order valence-electron chi connectivity index (χ0n) is 10.4. The molecule has 2 atom stereocenters. The van der Waals surface area contributed by atoms with Gasteiger partial charge in [0.05, 0.1) is 0 Å². The lowest BCUT2D eigenvalue weighted by Gasteiger charge is -2.37. The zero-order chi connectivity index (χ0) is 11.5. The molecule has 0 aliphatic carbocycles. The van der Waals surface area contributed by atoms with E-state index in [2.05, 4.69) is 43.0 Å². The highest BCUT2D eigenvalue weighted by Crippen LogP contribution is 2.26. The lowest BCUT2D eigenvalue weighted by molar-refractivity contribution is -0.123. The van der Waals surface area contributed by atoms with Crippen LogP contribution in [-0.2, 0) is 4.79 Å². The van der Waals surface area contributed by atoms with E-state index in [9.17, 15) is 4.79 Å². The summed E-state index contributed by atoms with van der Waals surface area (Å²) in [5.41, 5.74) is 1.34. The first-order chi connectivity index (χ1) is 7.68. The summed E-state index contributed by atoms with van der Waals surface area (Å²) >= 11 is 0. The summed E-state index contributed by atoms with van der Waals surface area (Å²) in [6.07, 6.45) is 1.42. The van der Waals surface area contributed by atoms with E-state index in [4.69, 9.17) is 0 Å². The summed E-state index contributed by atoms with van der Waals surface area (Å²) < 4.78 is 0. The minimum absolute atomic E-state index is 0. The fraction of sp³-hybridized carbons (Fsp3) is 0.500. The molecule has 2 rings (SSSR count). The smallest absolute Gasteiger partial charge is 0.135 e. The van der Waals surface area contributed by atoms with Crippen LogP contribution in [0.15, 0.2) is 30.3 Å². The molecular formula is C14H20ClNO. The van der Waals surface area contributed by atoms with Gasteiger partial charge < -0.3 is 0 Å². The number of hydrogen-bond donors (Lipinski definition) is 0. The Morgan fingerprint density at radius 2 is 1.94 bits per heavy atom. The maximum absolute atomic E-state index is 11.4. The Labute approximate surface area is 109 Å². The highest BCUT2D eigenvalue weighted by Gasteiger charge is 2.27. The van der Waals surface area contributed by atoms with Crippen molar-refractivity contribution in [2.24, 2.45) is 0 Å². The minimum atomic E-state index is 0. The molecule has 17 heavy (non-hydrogen) atoms. The summed E-state index contributed by atoms with van der Waals surface area (Å²) in [6.45, 7) is 5.27. The highest BCUT2D eigenvalue weighted by atomic mass is 35.5. The molecule has 1 aromatic carbocycles. The van der Waals surface area contributed by atoms with Crippen molar-refractivity contribution in [3.8, 4) is 0 Å². The molecular weight excluding hydrogens is 234 g/mol. The number of likely N-dealkylation sites (tertiary alicyclic amines) is 1. The first-order valence-electron chi connectivity index (χ1n) is 6.01. The molecule has 94 valence electrons. The number of hydrogen-bond acceptors (Lipinski definition) is 2. The van der Waals surface area contributed by atoms with Gasteiger partial charge in [0, 0.05) is 31.5 Å². The number of nitrogens with zero attached hydrogens (tertiary/aromatic N) is 1. The van der Waals surface area contributed by atoms with Gasteiger partial charge in [0.25, 0.3) is 0 Å². The number of halogens is 1. The molecule has 1 saturated heterocycles. The van der Waals surface area contributed by atoms with Gasteiger partial charge in [-0.2, -0.15) is 0 Å². The lowest BCUT2D eigenvalue weighted by Crippen LogP contribution is -2.42. The van der Waals surface area contributed by atoms with E-state index < -0.39 is 0 Å². The molecule has 1 fully saturated rings. The van der Waals surface area contributed by atoms with Crippen LogP contribution in [-0.4, -0.2) is 23.3 Å². The number of benzene rings is 1. The van der Waals surface area contributed by atoms with E-state index in [0.29, 0.717) is 30.7 Å². The van der Waals surface area contributed by atoms with Crippen molar-refractivity contribution in [3.05, 3.63) is 35.9 Å². The first-order valence-corrected chi connectivity index (χ1v) is 6.01. The van der Waals surface area contributed by atoms with Gasteiger partial charge in [0.15, 0.2) is 0 Å². The molecule has 0 spiro atoms. The van der Waals surface area contributed by atoms with Crippen molar-refractivity contribution >= 4 is 18.2 Å². The first kappa shape index (κ1) is 14.2. The number of ketones is 1. The Bertz CT molecular complexity index is 366. The number of Topliss-reactive ketones (excluding diaryl/α,β-unsaturated/α-hetero) is 1. The van der Waals surface area contributed by atoms with Crippen LogP contribution in [0.3, 0.4) is 0 Å². The molecule has 0 saturated carbocycles. The molecule has 1 aliphatic heterocycles. The molecule has 1 heterocycles. The summed E-state index contributed by atoms with van der Waals surface area (Å²) in [5, 5.41) is 0. The molecule has 0 amide bonds. The molecule has 2 nitrogen and oxygen atoms in total. The van der Waals surface area contributed by atoms with Crippen molar-refractivity contribution in [1.82, 2.24) is 4.90 Å². The molecule has 0 aromatic heterocycles. The Balaban J connectivity index is 0.00000144. The summed E-state index contributed by atoms with van der Waals surface area (Å²) in [4.78, 5) is 13.8. The van der Waals surface area contributed by atoms with Crippen LogP contribution >= 0.6 is 12.4 Å². The molecule has 0 N–H and O–H groups in total. The SMILES string of the molecule is CC1CC(=O)CCN1C(C)c1ccccc1.Cl. The number of rotatable bonds is 2. The van der Waals surface area contributed by atoms with Crippen LogP contribution in [0, 0.1) is 0 Å². The molecule has 3 heteroatoms. The van der Waals surface area contributed by atoms with E-state index in [1.807, 2.05) is 6.07 Å². The average molecular weight is 254 g/mol. The van der Waals surface area contributed by atoms with Crippen molar-refractivity contribution in [1.29, 1.82) is 0 Å². The van der Waals surface area contributed by atoms with Crippen LogP contribution in [0.5, 0.6) is 0 Å². The standard InChI is InChI=1S/C14H19NO.ClH/c1-11-10-14(16)8-9-15(11)12(2)13-6-4-3-5-7-13;/h3-7,11-12H,8-10H2,1-2H3;1H. The second-order valence-corrected chi connectivity index (χ2v) is 4.67. The van der Waals surface area contributed by atoms with E-state index in [1.165, 1.54) is 5.56 Å². The Morgan fingerprint density at radius 3 is 2.53 bits per heavy atom. The van der Waals surface area contributed by atoms with Gasteiger partial charge in [-0.25, -0.2) is 0 Å². The molecule has 0 radical (unpaired) electrons. The van der Waals surface area contributed by atoms with Crippen LogP contribution in [0.25, 0.3) is 0 Å². The third-order valence-corrected chi connectivity index (χ3v) is 3.52. The topological polar surface area (TPSA) is 20.3 Å². The van der Waals surface area contributed by atoms with Crippen LogP contribution < -0.4 is 0 Å². The quantitative estimate of drug-likeness (QED) is 0.807. The van der Waals surface area contributed by atoms with Crippen molar-refractivity contribution in [3.63, 3.8) is 0 Å². The predicted octanol–water partition coefficient (Wildman–Crippen LogP) is 3.22. The molecule has 1 aliphatic rings. The van der Waals surface area contributed by atoms with Crippen molar-refractivity contribution in [2.75, 3.05) is 6.54 Å². The molecule has 0 bridgehead atoms. The summed E-state index contributed by atoms with van der Waals surface area (Å²) in [5.74, 6) is 0.406. The predicted molar refractivity (Wildman–Crippen MR) is 72.5 cm³/mol. The van der Waals surface area contributed by atoms with Gasteiger partial charge in [-0.05, 0) is 19.4 Å². The monoisotopic (exact) mass is 253 g/mol. The number of piperidine rings is 1. The van der Waals surface area contributed by atoms with Crippen LogP contribution in [0.2, 0.25) is 0 Å². The Kier molecular flexibility index (Phi) is 5.16. The zero-order valence-corrected chi connectivity index (χ0v) is 11.2. The maximum atomic E-state index is 11.4. The second-order valence-electron chi connectivity index (χ2n) is 4.67. The van der Waals surface area contributed by atoms with Crippen molar-refractivity contribution in [2.45, 2.75) is 38.8 Å². The van der Waals surface area contributed by atoms with Crippen LogP contribution in [0.4, 0.5) is 0 Å². The normalized spacial score (nSPS) is 22.9. The lowest BCUT2D eigenvalue weighted by atomic mass is 9.97. The number of carbonyl (C=O) groups is 1. The van der Waals surface area contributed by atoms with E-state index in [0.717, 1.165) is 6.54 Å². The minimum Gasteiger partial charge on any atom is -0.300 e. The summed E-state index contributed by atoms with van der Waals surface area (Å²) in [6, 6.07) is 11.3. The maximum Gasteiger partial charge on any atom is 0.135 e. The second kappa shape index (κ2) is 6.18. The fourth-order valence-electron chi connectivity index (χ4n) is 2.52. The third-order valence-electron chi connectivity index (χ3n) is 3.52. The van der Waals surface area contributed by atoms with E-state index in [-0.39, 0.29) is 12.4 Å². The average Bonchev–Trinajstić information content (AvgIpc) is 2.29. The molecule has 2 unspecified atom stereocenters. The van der Waals surface area contributed by atoms with Crippen molar-refractivity contribution < 1.29 is 4.79 Å². The Hall–Kier alpha value is -0.860. The van der Waals surface area contributed by atoms with Gasteiger partial charge in [0.1, 0.15) is 5.78 Å². The largest absolute Gasteiger partial charge is 0.300 e. The van der Waals surface area contributed by atoms with Gasteiger partial charge in [0.2, 0.25) is 0 Å². The van der Waals surface area contributed by atoms with E-state index in [1.54, 1.807) is 0 Å². The van der Waals surface area contributed by atoms with Gasteiger partial charge >= 0.3 is 0 Å². The Morgan fingerprint density at radius 1 is 1.29 bits per heavy atom. The van der Waals surface area contributed by atoms with Gasteiger partial charge in [-0.15, -0.1) is 12.4 Å².